The van der Waals surface area contributed by atoms with Crippen LogP contribution in [0.5, 0.6) is 11.5 Å². The zero-order valence-electron chi connectivity index (χ0n) is 16.2. The zero-order chi connectivity index (χ0) is 19.8. The van der Waals surface area contributed by atoms with E-state index in [4.69, 9.17) is 9.47 Å². The predicted molar refractivity (Wildman–Crippen MR) is 115 cm³/mol. The van der Waals surface area contributed by atoms with Crippen LogP contribution in [-0.4, -0.2) is 35.7 Å². The van der Waals surface area contributed by atoms with Gasteiger partial charge in [-0.05, 0) is 25.1 Å². The number of methoxy groups -OCH3 is 1. The van der Waals surface area contributed by atoms with Gasteiger partial charge in [0, 0.05) is 17.7 Å². The van der Waals surface area contributed by atoms with Gasteiger partial charge in [-0.3, -0.25) is 0 Å². The fourth-order valence-corrected chi connectivity index (χ4v) is 3.68. The molecule has 1 unspecified atom stereocenters. The fraction of sp³-hybridized carbons (Fsp3) is 0.136. The van der Waals surface area contributed by atoms with Gasteiger partial charge in [-0.15, -0.1) is 0 Å². The van der Waals surface area contributed by atoms with Crippen LogP contribution in [0.2, 0.25) is 0 Å². The lowest BCUT2D eigenvalue weighted by Gasteiger charge is -2.29. The molecule has 5 rings (SSSR count). The normalized spacial score (nSPS) is 19.8. The fourth-order valence-electron chi connectivity index (χ4n) is 3.68. The van der Waals surface area contributed by atoms with Crippen LogP contribution in [0, 0.1) is 0 Å². The van der Waals surface area contributed by atoms with Crippen molar-refractivity contribution in [3.63, 3.8) is 0 Å². The Hall–Kier alpha value is -3.71. The second-order valence-corrected chi connectivity index (χ2v) is 6.74. The van der Waals surface area contributed by atoms with Gasteiger partial charge in [0.15, 0.2) is 17.2 Å². The first-order valence-electron chi connectivity index (χ1n) is 9.40. The first-order valence-corrected chi connectivity index (χ1v) is 9.40. The van der Waals surface area contributed by atoms with Crippen molar-refractivity contribution >= 4 is 34.5 Å². The molecule has 29 heavy (non-hydrogen) atoms. The molecule has 0 spiro atoms. The number of ether oxygens (including phenoxy) is 2. The van der Waals surface area contributed by atoms with E-state index in [0.29, 0.717) is 16.8 Å². The molecule has 2 aliphatic rings. The third kappa shape index (κ3) is 2.75. The molecule has 2 aliphatic heterocycles. The summed E-state index contributed by atoms with van der Waals surface area (Å²) in [5.41, 5.74) is 4.76. The lowest BCUT2D eigenvalue weighted by atomic mass is 10.1. The van der Waals surface area contributed by atoms with Gasteiger partial charge in [0.2, 0.25) is 0 Å². The van der Waals surface area contributed by atoms with Gasteiger partial charge in [-0.1, -0.05) is 6.07 Å². The summed E-state index contributed by atoms with van der Waals surface area (Å²) in [5, 5.41) is 0. The first-order chi connectivity index (χ1) is 14.2. The summed E-state index contributed by atoms with van der Waals surface area (Å²) < 4.78 is 11.6. The molecule has 3 heterocycles. The molecule has 0 amide bonds. The summed E-state index contributed by atoms with van der Waals surface area (Å²) in [6, 6.07) is 12.0. The maximum Gasteiger partial charge on any atom is 0.261 e. The van der Waals surface area contributed by atoms with E-state index in [0.717, 1.165) is 39.6 Å². The maximum absolute atomic E-state index is 5.67. The number of aromatic nitrogens is 2. The van der Waals surface area contributed by atoms with E-state index < -0.39 is 0 Å². The number of hydrogen-bond acceptors (Lipinski definition) is 5. The molecule has 1 N–H and O–H groups in total. The summed E-state index contributed by atoms with van der Waals surface area (Å²) in [5.74, 6) is 2.23. The van der Waals surface area contributed by atoms with Crippen LogP contribution >= 0.6 is 0 Å². The lowest BCUT2D eigenvalue weighted by molar-refractivity contribution is 0.311. The van der Waals surface area contributed by atoms with Crippen molar-refractivity contribution in [2.75, 3.05) is 13.7 Å². The van der Waals surface area contributed by atoms with Crippen LogP contribution in [0.4, 0.5) is 5.69 Å². The third-order valence-electron chi connectivity index (χ3n) is 5.12. The molecule has 3 aromatic rings. The SMILES string of the molecule is CCOc1ccc([N+]23C=CN=C2C=NC(c2ccc4nc[nH]c4c2)=C3)cc1OC. The average molecular weight is 386 g/mol. The Labute approximate surface area is 167 Å². The number of aromatic amines is 1. The highest BCUT2D eigenvalue weighted by Gasteiger charge is 2.39. The van der Waals surface area contributed by atoms with Crippen LogP contribution in [0.15, 0.2) is 71.3 Å². The number of rotatable bonds is 5. The first kappa shape index (κ1) is 17.4. The minimum absolute atomic E-state index is 0.336. The van der Waals surface area contributed by atoms with Gasteiger partial charge in [0.1, 0.15) is 24.3 Å². The van der Waals surface area contributed by atoms with Gasteiger partial charge in [0.25, 0.3) is 5.84 Å². The molecule has 0 aliphatic carbocycles. The minimum atomic E-state index is 0.336. The Morgan fingerprint density at radius 2 is 2.03 bits per heavy atom. The predicted octanol–water partition coefficient (Wildman–Crippen LogP) is 4.24. The minimum Gasteiger partial charge on any atom is -0.493 e. The number of hydrogen-bond donors (Lipinski definition) is 1. The highest BCUT2D eigenvalue weighted by atomic mass is 16.5. The van der Waals surface area contributed by atoms with E-state index in [1.54, 1.807) is 13.4 Å². The molecule has 2 aromatic carbocycles. The number of fused-ring (bicyclic) bond motifs is 2. The number of nitrogens with one attached hydrogen (secondary N) is 1. The second kappa shape index (κ2) is 6.72. The van der Waals surface area contributed by atoms with Crippen molar-refractivity contribution in [3.8, 4) is 11.5 Å². The van der Waals surface area contributed by atoms with Crippen LogP contribution < -0.4 is 14.0 Å². The molecule has 0 fully saturated rings. The van der Waals surface area contributed by atoms with Gasteiger partial charge < -0.3 is 14.5 Å². The number of nitrogens with zero attached hydrogens (tertiary/aromatic N) is 4. The van der Waals surface area contributed by atoms with Crippen molar-refractivity contribution in [2.45, 2.75) is 6.92 Å². The Morgan fingerprint density at radius 1 is 1.10 bits per heavy atom. The molecule has 144 valence electrons. The summed E-state index contributed by atoms with van der Waals surface area (Å²) in [6.07, 6.45) is 9.44. The molecule has 0 saturated heterocycles. The van der Waals surface area contributed by atoms with Crippen LogP contribution in [0.25, 0.3) is 16.7 Å². The van der Waals surface area contributed by atoms with Gasteiger partial charge >= 0.3 is 0 Å². The standard InChI is InChI=1S/C22H20N5O2/c1-3-29-20-7-5-16(11-21(20)28-2)27-9-8-23-22(27)12-24-19(13-27)15-4-6-17-18(10-15)26-14-25-17/h4-14H,3H2,1-2H3,(H,25,26)/q+1. The lowest BCUT2D eigenvalue weighted by Crippen LogP contribution is -2.45. The van der Waals surface area contributed by atoms with Crippen molar-refractivity contribution < 1.29 is 9.47 Å². The molecule has 0 bridgehead atoms. The van der Waals surface area contributed by atoms with E-state index in [1.165, 1.54) is 0 Å². The molecule has 1 aromatic heterocycles. The number of aliphatic imine (C=N–C) groups is 2. The van der Waals surface area contributed by atoms with E-state index in [1.807, 2.05) is 55.9 Å². The van der Waals surface area contributed by atoms with E-state index >= 15 is 0 Å². The number of imidazole rings is 1. The Balaban J connectivity index is 1.63. The topological polar surface area (TPSA) is 71.9 Å². The van der Waals surface area contributed by atoms with Crippen LogP contribution in [0.3, 0.4) is 0 Å². The molecule has 7 nitrogen and oxygen atoms in total. The van der Waals surface area contributed by atoms with Gasteiger partial charge in [-0.2, -0.15) is 9.48 Å². The van der Waals surface area contributed by atoms with E-state index in [2.05, 4.69) is 32.2 Å². The van der Waals surface area contributed by atoms with E-state index in [-0.39, 0.29) is 0 Å². The highest BCUT2D eigenvalue weighted by Crippen LogP contribution is 2.39. The van der Waals surface area contributed by atoms with Gasteiger partial charge in [0.05, 0.1) is 37.3 Å². The summed E-state index contributed by atoms with van der Waals surface area (Å²) >= 11 is 0. The third-order valence-corrected chi connectivity index (χ3v) is 5.12. The second-order valence-electron chi connectivity index (χ2n) is 6.74. The molecule has 0 radical (unpaired) electrons. The number of quaternary nitrogens is 1. The smallest absolute Gasteiger partial charge is 0.261 e. The quantitative estimate of drug-likeness (QED) is 0.667. The number of amidine groups is 1. The average Bonchev–Trinajstić information content (AvgIpc) is 3.40. The van der Waals surface area contributed by atoms with Crippen molar-refractivity contribution in [1.82, 2.24) is 14.5 Å². The van der Waals surface area contributed by atoms with Crippen LogP contribution in [0.1, 0.15) is 12.5 Å². The van der Waals surface area contributed by atoms with Crippen molar-refractivity contribution in [3.05, 3.63) is 66.9 Å². The van der Waals surface area contributed by atoms with Crippen molar-refractivity contribution in [1.29, 1.82) is 0 Å². The molecular formula is C22H20N5O2+. The summed E-state index contributed by atoms with van der Waals surface area (Å²) in [7, 11) is 1.65. The summed E-state index contributed by atoms with van der Waals surface area (Å²) in [6.45, 7) is 2.53. The van der Waals surface area contributed by atoms with Crippen molar-refractivity contribution in [2.24, 2.45) is 9.98 Å². The molecular weight excluding hydrogens is 366 g/mol. The number of H-pyrrole nitrogens is 1. The highest BCUT2D eigenvalue weighted by molar-refractivity contribution is 6.37. The molecule has 0 saturated carbocycles. The van der Waals surface area contributed by atoms with E-state index in [9.17, 15) is 0 Å². The zero-order valence-corrected chi connectivity index (χ0v) is 16.2. The maximum atomic E-state index is 5.67. The van der Waals surface area contributed by atoms with Gasteiger partial charge in [-0.25, -0.2) is 9.98 Å². The monoisotopic (exact) mass is 386 g/mol. The Kier molecular flexibility index (Phi) is 4.03. The Bertz CT molecular complexity index is 1220. The largest absolute Gasteiger partial charge is 0.493 e. The Morgan fingerprint density at radius 3 is 2.90 bits per heavy atom. The number of benzene rings is 2. The van der Waals surface area contributed by atoms with Crippen LogP contribution in [-0.2, 0) is 0 Å². The molecule has 7 heteroatoms. The molecule has 1 atom stereocenters. The summed E-state index contributed by atoms with van der Waals surface area (Å²) in [4.78, 5) is 16.6.